The summed E-state index contributed by atoms with van der Waals surface area (Å²) in [5.41, 5.74) is 15.8. The van der Waals surface area contributed by atoms with Gasteiger partial charge in [0.1, 0.15) is 47.0 Å². The van der Waals surface area contributed by atoms with Gasteiger partial charge in [-0.05, 0) is 106 Å². The summed E-state index contributed by atoms with van der Waals surface area (Å²) in [5.74, 6) is -0.620. The lowest BCUT2D eigenvalue weighted by Crippen LogP contribution is -2.70. The average Bonchev–Trinajstić information content (AvgIpc) is 3.10. The molecule has 0 aromatic rings. The first kappa shape index (κ1) is 47.8. The van der Waals surface area contributed by atoms with E-state index in [1.807, 2.05) is 26.8 Å². The van der Waals surface area contributed by atoms with Crippen molar-refractivity contribution in [3.63, 3.8) is 0 Å². The van der Waals surface area contributed by atoms with E-state index >= 15 is 0 Å². The van der Waals surface area contributed by atoms with Gasteiger partial charge in [0.2, 0.25) is 5.91 Å². The first-order valence-electron chi connectivity index (χ1n) is 20.5. The highest BCUT2D eigenvalue weighted by Crippen LogP contribution is 2.37. The molecule has 3 fully saturated rings. The van der Waals surface area contributed by atoms with Crippen LogP contribution in [0.5, 0.6) is 0 Å². The number of carbonyl (C=O) groups excluding carboxylic acids is 3. The average molecular weight is 830 g/mol. The molecule has 334 valence electrons. The van der Waals surface area contributed by atoms with Crippen molar-refractivity contribution in [3.05, 3.63) is 11.8 Å². The molecule has 0 bridgehead atoms. The number of aliphatic hydroxyl groups excluding tert-OH is 3. The third-order valence-electron chi connectivity index (χ3n) is 11.1. The zero-order chi connectivity index (χ0) is 43.3. The van der Waals surface area contributed by atoms with Crippen molar-refractivity contribution in [3.8, 4) is 0 Å². The summed E-state index contributed by atoms with van der Waals surface area (Å²) >= 11 is 0. The number of likely N-dealkylation sites (N-methyl/N-ethyl adjacent to an activating group) is 1. The fourth-order valence-corrected chi connectivity index (χ4v) is 8.17. The molecule has 4 rings (SSSR count). The highest BCUT2D eigenvalue weighted by Gasteiger charge is 2.55. The van der Waals surface area contributed by atoms with Crippen molar-refractivity contribution in [1.82, 2.24) is 20.4 Å². The Balaban J connectivity index is 1.47. The van der Waals surface area contributed by atoms with E-state index in [9.17, 15) is 34.8 Å². The zero-order valence-corrected chi connectivity index (χ0v) is 35.5. The standard InChI is InChI=1S/C39H71N7O12/c1-37(2,3)57-35(51)45(8)32-29(49)34(54-20-39(32,7)53)56-31-25(44-33(50)26(47)11-14-40)17-24(42)27(28(31)48)30-23(41)10-9-22(55-30)19-43-18-21-12-15-46(16-13-21)36(52)58-38(4,5)6/h9,21,23-32,34,43,47-49,53H,10-20,40-42H2,1-8H3,(H,44,50)/t23-,24+,25-,26+,27-,28+,29-,30?,31+,32-,34-,39+/m1/s1. The molecule has 19 heteroatoms. The van der Waals surface area contributed by atoms with E-state index in [0.29, 0.717) is 44.3 Å². The Morgan fingerprint density at radius 2 is 1.69 bits per heavy atom. The molecule has 2 saturated heterocycles. The van der Waals surface area contributed by atoms with E-state index in [-0.39, 0.29) is 32.1 Å². The Morgan fingerprint density at radius 1 is 1.05 bits per heavy atom. The SMILES string of the molecule is CN(C(=O)OC(C)(C)C)[C@@H]1[C@@H](O)[C@@H](O[C@@H]2[C@@H](O)[C@H](C3OC(CNCC4CCN(C(=O)OC(C)(C)C)CC4)=CC[C@H]3N)[C@@H](N)C[C@H]2NC(=O)[C@@H](O)CCN)OC[C@]1(C)O. The van der Waals surface area contributed by atoms with Crippen molar-refractivity contribution in [1.29, 1.82) is 0 Å². The quantitative estimate of drug-likeness (QED) is 0.117. The minimum atomic E-state index is -1.74. The van der Waals surface area contributed by atoms with E-state index in [1.165, 1.54) is 14.0 Å². The van der Waals surface area contributed by atoms with Crippen LogP contribution in [0, 0.1) is 11.8 Å². The van der Waals surface area contributed by atoms with Crippen molar-refractivity contribution >= 4 is 18.1 Å². The van der Waals surface area contributed by atoms with E-state index < -0.39 is 95.7 Å². The van der Waals surface area contributed by atoms with Crippen LogP contribution in [0.4, 0.5) is 9.59 Å². The Bertz CT molecular complexity index is 1420. The van der Waals surface area contributed by atoms with Crippen LogP contribution < -0.4 is 27.8 Å². The molecule has 1 aliphatic carbocycles. The van der Waals surface area contributed by atoms with Gasteiger partial charge in [-0.2, -0.15) is 0 Å². The smallest absolute Gasteiger partial charge is 0.410 e. The number of piperidine rings is 1. The molecule has 12 atom stereocenters. The third-order valence-corrected chi connectivity index (χ3v) is 11.1. The predicted molar refractivity (Wildman–Crippen MR) is 212 cm³/mol. The fraction of sp³-hybridized carbons (Fsp3) is 0.872. The summed E-state index contributed by atoms with van der Waals surface area (Å²) in [6.07, 6.45) is -5.21. The van der Waals surface area contributed by atoms with Crippen LogP contribution in [0.3, 0.4) is 0 Å². The van der Waals surface area contributed by atoms with Crippen LogP contribution in [0.1, 0.15) is 80.6 Å². The molecule has 4 aliphatic rings. The van der Waals surface area contributed by atoms with Gasteiger partial charge in [0.15, 0.2) is 6.29 Å². The number of aliphatic hydroxyl groups is 4. The van der Waals surface area contributed by atoms with Gasteiger partial charge in [0, 0.05) is 38.1 Å². The van der Waals surface area contributed by atoms with Gasteiger partial charge >= 0.3 is 12.2 Å². The van der Waals surface area contributed by atoms with E-state index in [0.717, 1.165) is 17.7 Å². The van der Waals surface area contributed by atoms with Crippen LogP contribution in [-0.4, -0.2) is 172 Å². The van der Waals surface area contributed by atoms with Gasteiger partial charge in [0.05, 0.1) is 31.3 Å². The van der Waals surface area contributed by atoms with Gasteiger partial charge in [-0.1, -0.05) is 0 Å². The number of hydrogen-bond acceptors (Lipinski definition) is 16. The Labute approximate surface area is 342 Å². The predicted octanol–water partition coefficient (Wildman–Crippen LogP) is -0.785. The second-order valence-electron chi connectivity index (χ2n) is 18.5. The summed E-state index contributed by atoms with van der Waals surface area (Å²) in [5, 5.41) is 51.7. The first-order chi connectivity index (χ1) is 26.9. The Hall–Kier alpha value is -2.85. The van der Waals surface area contributed by atoms with Crippen LogP contribution in [0.15, 0.2) is 11.8 Å². The monoisotopic (exact) mass is 830 g/mol. The Kier molecular flexibility index (Phi) is 16.2. The number of likely N-dealkylation sites (tertiary alicyclic amines) is 1. The Morgan fingerprint density at radius 3 is 2.29 bits per heavy atom. The van der Waals surface area contributed by atoms with Gasteiger partial charge in [0.25, 0.3) is 0 Å². The van der Waals surface area contributed by atoms with Gasteiger partial charge in [-0.3, -0.25) is 4.79 Å². The lowest BCUT2D eigenvalue weighted by molar-refractivity contribution is -0.305. The molecular weight excluding hydrogens is 758 g/mol. The summed E-state index contributed by atoms with van der Waals surface area (Å²) in [6.45, 7) is 14.0. The molecule has 3 heterocycles. The summed E-state index contributed by atoms with van der Waals surface area (Å²) < 4.78 is 29.6. The molecule has 3 aliphatic heterocycles. The number of hydrogen-bond donors (Lipinski definition) is 9. The molecule has 0 spiro atoms. The maximum Gasteiger partial charge on any atom is 0.410 e. The lowest BCUT2D eigenvalue weighted by Gasteiger charge is -2.51. The van der Waals surface area contributed by atoms with E-state index in [2.05, 4.69) is 10.6 Å². The zero-order valence-electron chi connectivity index (χ0n) is 35.5. The van der Waals surface area contributed by atoms with Crippen molar-refractivity contribution in [2.45, 2.75) is 158 Å². The second kappa shape index (κ2) is 19.7. The van der Waals surface area contributed by atoms with Crippen molar-refractivity contribution in [2.24, 2.45) is 29.0 Å². The highest BCUT2D eigenvalue weighted by atomic mass is 16.7. The summed E-state index contributed by atoms with van der Waals surface area (Å²) in [4.78, 5) is 41.5. The van der Waals surface area contributed by atoms with Crippen molar-refractivity contribution in [2.75, 3.05) is 46.4 Å². The molecule has 1 saturated carbocycles. The molecule has 0 aromatic heterocycles. The molecule has 12 N–H and O–H groups in total. The maximum atomic E-state index is 13.1. The van der Waals surface area contributed by atoms with Gasteiger partial charge < -0.3 is 81.7 Å². The van der Waals surface area contributed by atoms with Gasteiger partial charge in [-0.25, -0.2) is 9.59 Å². The number of nitrogens with two attached hydrogens (primary N) is 3. The summed E-state index contributed by atoms with van der Waals surface area (Å²) in [7, 11) is 1.38. The normalized spacial score (nSPS) is 34.3. The van der Waals surface area contributed by atoms with Crippen LogP contribution in [-0.2, 0) is 28.5 Å². The molecule has 58 heavy (non-hydrogen) atoms. The fourth-order valence-electron chi connectivity index (χ4n) is 8.17. The van der Waals surface area contributed by atoms with Gasteiger partial charge in [-0.15, -0.1) is 0 Å². The lowest BCUT2D eigenvalue weighted by atomic mass is 9.72. The topological polar surface area (TPSA) is 287 Å². The molecule has 1 unspecified atom stereocenters. The minimum absolute atomic E-state index is 0.0152. The van der Waals surface area contributed by atoms with Crippen LogP contribution >= 0.6 is 0 Å². The summed E-state index contributed by atoms with van der Waals surface area (Å²) in [6, 6.07) is -3.59. The van der Waals surface area contributed by atoms with E-state index in [4.69, 9.17) is 40.9 Å². The van der Waals surface area contributed by atoms with E-state index in [1.54, 1.807) is 25.7 Å². The largest absolute Gasteiger partial charge is 0.492 e. The molecular formula is C39H71N7O12. The second-order valence-corrected chi connectivity index (χ2v) is 18.5. The number of nitrogens with one attached hydrogen (secondary N) is 2. The van der Waals surface area contributed by atoms with Crippen LogP contribution in [0.2, 0.25) is 0 Å². The molecule has 0 aromatic carbocycles. The number of amides is 3. The van der Waals surface area contributed by atoms with Crippen LogP contribution in [0.25, 0.3) is 0 Å². The number of carbonyl (C=O) groups is 3. The molecule has 0 radical (unpaired) electrons. The minimum Gasteiger partial charge on any atom is -0.492 e. The first-order valence-corrected chi connectivity index (χ1v) is 20.5. The number of ether oxygens (including phenoxy) is 5. The highest BCUT2D eigenvalue weighted by molar-refractivity contribution is 5.80. The number of rotatable bonds is 12. The molecule has 19 nitrogen and oxygen atoms in total. The molecule has 3 amide bonds. The number of nitrogens with zero attached hydrogens (tertiary/aromatic N) is 2. The van der Waals surface area contributed by atoms with Crippen molar-refractivity contribution < 1.29 is 58.5 Å². The maximum absolute atomic E-state index is 13.1. The third kappa shape index (κ3) is 12.6.